The summed E-state index contributed by atoms with van der Waals surface area (Å²) >= 11 is 7.68. The number of hydrogen-bond acceptors (Lipinski definition) is 6. The van der Waals surface area contributed by atoms with Gasteiger partial charge >= 0.3 is 5.69 Å². The van der Waals surface area contributed by atoms with Crippen LogP contribution in [0.15, 0.2) is 6.33 Å². The van der Waals surface area contributed by atoms with Crippen LogP contribution in [0.3, 0.4) is 0 Å². The molecule has 8 heteroatoms. The fourth-order valence-electron chi connectivity index (χ4n) is 1.90. The normalized spacial score (nSPS) is 19.9. The Morgan fingerprint density at radius 3 is 3.11 bits per heavy atom. The van der Waals surface area contributed by atoms with E-state index >= 15 is 0 Å². The molecule has 0 saturated carbocycles. The van der Waals surface area contributed by atoms with Crippen LogP contribution in [-0.4, -0.2) is 39.0 Å². The number of anilines is 1. The molecule has 0 amide bonds. The topological polar surface area (TPSA) is 72.2 Å². The van der Waals surface area contributed by atoms with Crippen LogP contribution >= 0.6 is 23.4 Å². The molecule has 0 radical (unpaired) electrons. The number of nitro groups is 1. The number of thioether (sulfide) groups is 1. The molecule has 0 spiro atoms. The molecule has 1 aromatic heterocycles. The Hall–Kier alpha value is -1.08. The number of nitrogens with zero attached hydrogens (tertiary/aromatic N) is 4. The third-order valence-corrected chi connectivity index (χ3v) is 4.48. The Morgan fingerprint density at radius 1 is 1.67 bits per heavy atom. The van der Waals surface area contributed by atoms with Gasteiger partial charge in [0.25, 0.3) is 0 Å². The van der Waals surface area contributed by atoms with Crippen LogP contribution < -0.4 is 4.90 Å². The highest BCUT2D eigenvalue weighted by atomic mass is 35.5. The first kappa shape index (κ1) is 13.4. The van der Waals surface area contributed by atoms with Crippen LogP contribution in [0.25, 0.3) is 0 Å². The van der Waals surface area contributed by atoms with Crippen molar-refractivity contribution in [1.82, 2.24) is 9.97 Å². The van der Waals surface area contributed by atoms with Gasteiger partial charge in [0, 0.05) is 24.1 Å². The number of halogens is 1. The predicted molar refractivity (Wildman–Crippen MR) is 72.4 cm³/mol. The van der Waals surface area contributed by atoms with Gasteiger partial charge in [-0.15, -0.1) is 0 Å². The molecule has 18 heavy (non-hydrogen) atoms. The van der Waals surface area contributed by atoms with E-state index in [4.69, 9.17) is 11.6 Å². The van der Waals surface area contributed by atoms with E-state index in [2.05, 4.69) is 16.9 Å². The van der Waals surface area contributed by atoms with E-state index in [1.165, 1.54) is 6.33 Å². The van der Waals surface area contributed by atoms with E-state index in [9.17, 15) is 10.1 Å². The molecular formula is C10H13ClN4O2S. The van der Waals surface area contributed by atoms with E-state index in [-0.39, 0.29) is 10.8 Å². The Kier molecular flexibility index (Phi) is 4.23. The van der Waals surface area contributed by atoms with E-state index < -0.39 is 4.92 Å². The summed E-state index contributed by atoms with van der Waals surface area (Å²) in [7, 11) is 0. The monoisotopic (exact) mass is 288 g/mol. The maximum Gasteiger partial charge on any atom is 0.348 e. The molecule has 0 N–H and O–H groups in total. The molecule has 1 aromatic rings. The van der Waals surface area contributed by atoms with Crippen molar-refractivity contribution in [3.05, 3.63) is 21.6 Å². The lowest BCUT2D eigenvalue weighted by Gasteiger charge is -2.32. The summed E-state index contributed by atoms with van der Waals surface area (Å²) in [5, 5.41) is 11.4. The van der Waals surface area contributed by atoms with Crippen molar-refractivity contribution in [3.63, 3.8) is 0 Å². The van der Waals surface area contributed by atoms with Crippen LogP contribution in [0.1, 0.15) is 13.3 Å². The molecule has 2 rings (SSSR count). The Morgan fingerprint density at radius 2 is 2.44 bits per heavy atom. The van der Waals surface area contributed by atoms with Crippen molar-refractivity contribution in [2.45, 2.75) is 18.6 Å². The van der Waals surface area contributed by atoms with Crippen molar-refractivity contribution in [2.24, 2.45) is 0 Å². The molecule has 0 aliphatic carbocycles. The fourth-order valence-corrected chi connectivity index (χ4v) is 3.27. The Balaban J connectivity index is 2.32. The molecule has 1 fully saturated rings. The summed E-state index contributed by atoms with van der Waals surface area (Å²) in [5.41, 5.74) is -0.194. The smallest absolute Gasteiger partial charge is 0.348 e. The maximum atomic E-state index is 11.0. The second-order valence-electron chi connectivity index (χ2n) is 3.94. The van der Waals surface area contributed by atoms with Gasteiger partial charge in [-0.25, -0.2) is 9.97 Å². The summed E-state index contributed by atoms with van der Waals surface area (Å²) < 4.78 is 0. The highest BCUT2D eigenvalue weighted by Crippen LogP contribution is 2.34. The lowest BCUT2D eigenvalue weighted by Crippen LogP contribution is -2.38. The van der Waals surface area contributed by atoms with E-state index in [1.54, 1.807) is 0 Å². The molecule has 0 bridgehead atoms. The number of hydrogen-bond donors (Lipinski definition) is 0. The zero-order valence-electron chi connectivity index (χ0n) is 9.87. The first-order valence-electron chi connectivity index (χ1n) is 5.65. The van der Waals surface area contributed by atoms with E-state index in [0.29, 0.717) is 11.1 Å². The lowest BCUT2D eigenvalue weighted by atomic mass is 10.3. The lowest BCUT2D eigenvalue weighted by molar-refractivity contribution is -0.384. The summed E-state index contributed by atoms with van der Waals surface area (Å²) in [5.74, 6) is 1.27. The first-order chi connectivity index (χ1) is 8.63. The van der Waals surface area contributed by atoms with Crippen LogP contribution in [0.5, 0.6) is 0 Å². The van der Waals surface area contributed by atoms with Crippen LogP contribution in [0.2, 0.25) is 5.15 Å². The summed E-state index contributed by atoms with van der Waals surface area (Å²) in [6, 6.07) is 0. The van der Waals surface area contributed by atoms with Crippen molar-refractivity contribution in [1.29, 1.82) is 0 Å². The minimum atomic E-state index is -0.514. The average Bonchev–Trinajstić information content (AvgIpc) is 2.38. The van der Waals surface area contributed by atoms with Crippen molar-refractivity contribution < 1.29 is 4.92 Å². The zero-order chi connectivity index (χ0) is 13.1. The molecule has 1 aliphatic rings. The van der Waals surface area contributed by atoms with Gasteiger partial charge in [0.2, 0.25) is 11.0 Å². The van der Waals surface area contributed by atoms with Gasteiger partial charge in [-0.3, -0.25) is 10.1 Å². The van der Waals surface area contributed by atoms with Gasteiger partial charge in [-0.05, 0) is 6.42 Å². The van der Waals surface area contributed by atoms with Crippen molar-refractivity contribution in [3.8, 4) is 0 Å². The molecule has 1 atom stereocenters. The van der Waals surface area contributed by atoms with Gasteiger partial charge in [-0.1, -0.05) is 18.5 Å². The number of aromatic nitrogens is 2. The Labute approximate surface area is 114 Å². The highest BCUT2D eigenvalue weighted by Gasteiger charge is 2.29. The van der Waals surface area contributed by atoms with E-state index in [0.717, 1.165) is 25.3 Å². The minimum absolute atomic E-state index is 0.101. The third kappa shape index (κ3) is 2.67. The molecule has 2 heterocycles. The van der Waals surface area contributed by atoms with Crippen molar-refractivity contribution in [2.75, 3.05) is 23.7 Å². The second kappa shape index (κ2) is 5.71. The highest BCUT2D eigenvalue weighted by molar-refractivity contribution is 8.00. The van der Waals surface area contributed by atoms with Crippen LogP contribution in [-0.2, 0) is 0 Å². The SMILES string of the molecule is CCC1CN(c2ncnc(Cl)c2[N+](=O)[O-])CCS1. The molecule has 98 valence electrons. The molecule has 1 saturated heterocycles. The van der Waals surface area contributed by atoms with Crippen LogP contribution in [0, 0.1) is 10.1 Å². The molecule has 1 aliphatic heterocycles. The average molecular weight is 289 g/mol. The first-order valence-corrected chi connectivity index (χ1v) is 7.07. The summed E-state index contributed by atoms with van der Waals surface area (Å²) in [4.78, 5) is 20.2. The maximum absolute atomic E-state index is 11.0. The van der Waals surface area contributed by atoms with E-state index in [1.807, 2.05) is 16.7 Å². The molecular weight excluding hydrogens is 276 g/mol. The molecule has 6 nitrogen and oxygen atoms in total. The zero-order valence-corrected chi connectivity index (χ0v) is 11.4. The quantitative estimate of drug-likeness (QED) is 0.483. The summed E-state index contributed by atoms with van der Waals surface area (Å²) in [6.07, 6.45) is 2.31. The predicted octanol–water partition coefficient (Wildman–Crippen LogP) is 2.37. The minimum Gasteiger partial charge on any atom is -0.349 e. The van der Waals surface area contributed by atoms with Crippen molar-refractivity contribution >= 4 is 34.9 Å². The van der Waals surface area contributed by atoms with Gasteiger partial charge < -0.3 is 4.90 Å². The van der Waals surface area contributed by atoms with Gasteiger partial charge in [-0.2, -0.15) is 11.8 Å². The van der Waals surface area contributed by atoms with Gasteiger partial charge in [0.15, 0.2) is 0 Å². The molecule has 0 aromatic carbocycles. The summed E-state index contributed by atoms with van der Waals surface area (Å²) in [6.45, 7) is 3.62. The fraction of sp³-hybridized carbons (Fsp3) is 0.600. The second-order valence-corrected chi connectivity index (χ2v) is 5.71. The Bertz CT molecular complexity index is 460. The van der Waals surface area contributed by atoms with Crippen LogP contribution in [0.4, 0.5) is 11.5 Å². The molecule has 1 unspecified atom stereocenters. The van der Waals surface area contributed by atoms with Gasteiger partial charge in [0.05, 0.1) is 4.92 Å². The number of rotatable bonds is 3. The standard InChI is InChI=1S/C10H13ClN4O2S/c1-2-7-5-14(3-4-18-7)10-8(15(16)17)9(11)12-6-13-10/h6-7H,2-5H2,1H3. The third-order valence-electron chi connectivity index (χ3n) is 2.83. The largest absolute Gasteiger partial charge is 0.349 e. The van der Waals surface area contributed by atoms with Gasteiger partial charge in [0.1, 0.15) is 6.33 Å².